The zero-order chi connectivity index (χ0) is 15.3. The molecule has 2 aliphatic rings. The SMILES string of the molecule is CCCC1(C(=O)N2CCC(N(CC)CC)CC2)CCCN1. The largest absolute Gasteiger partial charge is 0.341 e. The Bertz CT molecular complexity index is 327. The summed E-state index contributed by atoms with van der Waals surface area (Å²) < 4.78 is 0. The fourth-order valence-electron chi connectivity index (χ4n) is 4.21. The summed E-state index contributed by atoms with van der Waals surface area (Å²) in [7, 11) is 0. The van der Waals surface area contributed by atoms with Crippen LogP contribution in [-0.4, -0.2) is 60.0 Å². The molecular formula is C17H33N3O. The maximum atomic E-state index is 13.0. The van der Waals surface area contributed by atoms with Crippen LogP contribution in [0.4, 0.5) is 0 Å². The lowest BCUT2D eigenvalue weighted by Crippen LogP contribution is -2.57. The predicted molar refractivity (Wildman–Crippen MR) is 87.4 cm³/mol. The highest BCUT2D eigenvalue weighted by atomic mass is 16.2. The van der Waals surface area contributed by atoms with Crippen LogP contribution in [0.5, 0.6) is 0 Å². The summed E-state index contributed by atoms with van der Waals surface area (Å²) in [5.41, 5.74) is -0.239. The van der Waals surface area contributed by atoms with Gasteiger partial charge < -0.3 is 15.1 Å². The smallest absolute Gasteiger partial charge is 0.242 e. The summed E-state index contributed by atoms with van der Waals surface area (Å²) in [6.07, 6.45) is 6.50. The van der Waals surface area contributed by atoms with Gasteiger partial charge in [-0.1, -0.05) is 27.2 Å². The van der Waals surface area contributed by atoms with E-state index in [1.54, 1.807) is 0 Å². The van der Waals surface area contributed by atoms with E-state index in [2.05, 4.69) is 35.9 Å². The minimum Gasteiger partial charge on any atom is -0.341 e. The van der Waals surface area contributed by atoms with Gasteiger partial charge in [0, 0.05) is 19.1 Å². The van der Waals surface area contributed by atoms with Crippen LogP contribution in [0.25, 0.3) is 0 Å². The van der Waals surface area contributed by atoms with Crippen molar-refractivity contribution in [3.8, 4) is 0 Å². The lowest BCUT2D eigenvalue weighted by Gasteiger charge is -2.41. The number of nitrogens with one attached hydrogen (secondary N) is 1. The Morgan fingerprint density at radius 2 is 1.90 bits per heavy atom. The van der Waals surface area contributed by atoms with Crippen molar-refractivity contribution in [2.45, 2.75) is 70.9 Å². The van der Waals surface area contributed by atoms with Gasteiger partial charge in [-0.05, 0) is 51.7 Å². The van der Waals surface area contributed by atoms with Crippen LogP contribution in [0.1, 0.15) is 59.3 Å². The van der Waals surface area contributed by atoms with Gasteiger partial charge in [0.15, 0.2) is 0 Å². The highest BCUT2D eigenvalue weighted by molar-refractivity contribution is 5.86. The molecule has 0 aromatic carbocycles. The molecule has 0 aromatic rings. The molecule has 0 radical (unpaired) electrons. The Hall–Kier alpha value is -0.610. The third kappa shape index (κ3) is 3.59. The van der Waals surface area contributed by atoms with Gasteiger partial charge in [0.1, 0.15) is 0 Å². The van der Waals surface area contributed by atoms with Crippen LogP contribution in [-0.2, 0) is 4.79 Å². The molecule has 0 spiro atoms. The summed E-state index contributed by atoms with van der Waals surface area (Å²) in [5, 5.41) is 3.52. The summed E-state index contributed by atoms with van der Waals surface area (Å²) in [6.45, 7) is 11.8. The molecule has 0 aromatic heterocycles. The second kappa shape index (κ2) is 7.59. The first-order chi connectivity index (χ1) is 10.2. The summed E-state index contributed by atoms with van der Waals surface area (Å²) >= 11 is 0. The number of piperidine rings is 1. The van der Waals surface area contributed by atoms with E-state index >= 15 is 0 Å². The zero-order valence-corrected chi connectivity index (χ0v) is 14.2. The fourth-order valence-corrected chi connectivity index (χ4v) is 4.21. The van der Waals surface area contributed by atoms with Crippen molar-refractivity contribution in [1.82, 2.24) is 15.1 Å². The molecule has 1 unspecified atom stereocenters. The molecular weight excluding hydrogens is 262 g/mol. The second-order valence-corrected chi connectivity index (χ2v) is 6.61. The first kappa shape index (κ1) is 16.8. The van der Waals surface area contributed by atoms with Gasteiger partial charge in [0.05, 0.1) is 5.54 Å². The molecule has 2 rings (SSSR count). The van der Waals surface area contributed by atoms with Crippen molar-refractivity contribution in [3.05, 3.63) is 0 Å². The quantitative estimate of drug-likeness (QED) is 0.816. The molecule has 21 heavy (non-hydrogen) atoms. The average molecular weight is 295 g/mol. The lowest BCUT2D eigenvalue weighted by atomic mass is 9.89. The van der Waals surface area contributed by atoms with Crippen LogP contribution < -0.4 is 5.32 Å². The normalized spacial score (nSPS) is 27.5. The van der Waals surface area contributed by atoms with Gasteiger partial charge in [-0.25, -0.2) is 0 Å². The third-order valence-electron chi connectivity index (χ3n) is 5.41. The molecule has 0 saturated carbocycles. The lowest BCUT2D eigenvalue weighted by molar-refractivity contribution is -0.139. The van der Waals surface area contributed by atoms with Gasteiger partial charge >= 0.3 is 0 Å². The van der Waals surface area contributed by atoms with E-state index in [9.17, 15) is 4.79 Å². The molecule has 122 valence electrons. The first-order valence-electron chi connectivity index (χ1n) is 8.95. The molecule has 2 heterocycles. The number of rotatable bonds is 6. The predicted octanol–water partition coefficient (Wildman–Crippen LogP) is 2.24. The molecule has 1 N–H and O–H groups in total. The monoisotopic (exact) mass is 295 g/mol. The molecule has 2 aliphatic heterocycles. The highest BCUT2D eigenvalue weighted by Gasteiger charge is 2.43. The van der Waals surface area contributed by atoms with Crippen molar-refractivity contribution in [1.29, 1.82) is 0 Å². The first-order valence-corrected chi connectivity index (χ1v) is 8.95. The molecule has 1 amide bonds. The van der Waals surface area contributed by atoms with E-state index in [1.807, 2.05) is 0 Å². The van der Waals surface area contributed by atoms with E-state index < -0.39 is 0 Å². The fraction of sp³-hybridized carbons (Fsp3) is 0.941. The van der Waals surface area contributed by atoms with Crippen molar-refractivity contribution in [3.63, 3.8) is 0 Å². The van der Waals surface area contributed by atoms with E-state index in [4.69, 9.17) is 0 Å². The Morgan fingerprint density at radius 1 is 1.24 bits per heavy atom. The van der Waals surface area contributed by atoms with Gasteiger partial charge in [-0.3, -0.25) is 4.79 Å². The standard InChI is InChI=1S/C17H33N3O/c1-4-10-17(11-7-12-18-17)16(21)20-13-8-15(9-14-20)19(5-2)6-3/h15,18H,4-14H2,1-3H3. The third-order valence-corrected chi connectivity index (χ3v) is 5.41. The Kier molecular flexibility index (Phi) is 6.06. The molecule has 1 atom stereocenters. The molecule has 2 saturated heterocycles. The number of nitrogens with zero attached hydrogens (tertiary/aromatic N) is 2. The second-order valence-electron chi connectivity index (χ2n) is 6.61. The molecule has 0 bridgehead atoms. The number of hydrogen-bond acceptors (Lipinski definition) is 3. The summed E-state index contributed by atoms with van der Waals surface area (Å²) in [4.78, 5) is 17.6. The van der Waals surface area contributed by atoms with E-state index in [-0.39, 0.29) is 5.54 Å². The van der Waals surface area contributed by atoms with Crippen molar-refractivity contribution in [2.24, 2.45) is 0 Å². The molecule has 2 fully saturated rings. The number of hydrogen-bond donors (Lipinski definition) is 1. The van der Waals surface area contributed by atoms with E-state index in [0.717, 1.165) is 71.2 Å². The van der Waals surface area contributed by atoms with Gasteiger partial charge in [-0.2, -0.15) is 0 Å². The van der Waals surface area contributed by atoms with Crippen LogP contribution in [0.15, 0.2) is 0 Å². The minimum atomic E-state index is -0.239. The summed E-state index contributed by atoms with van der Waals surface area (Å²) in [5.74, 6) is 0.375. The Labute approximate surface area is 130 Å². The van der Waals surface area contributed by atoms with Crippen molar-refractivity contribution in [2.75, 3.05) is 32.7 Å². The average Bonchev–Trinajstić information content (AvgIpc) is 2.99. The summed E-state index contributed by atoms with van der Waals surface area (Å²) in [6, 6.07) is 0.669. The topological polar surface area (TPSA) is 35.6 Å². The van der Waals surface area contributed by atoms with Crippen LogP contribution in [0.2, 0.25) is 0 Å². The van der Waals surface area contributed by atoms with Gasteiger partial charge in [0.2, 0.25) is 5.91 Å². The number of amides is 1. The Morgan fingerprint density at radius 3 is 2.38 bits per heavy atom. The highest BCUT2D eigenvalue weighted by Crippen LogP contribution is 2.29. The van der Waals surface area contributed by atoms with Crippen molar-refractivity contribution < 1.29 is 4.79 Å². The minimum absolute atomic E-state index is 0.239. The van der Waals surface area contributed by atoms with Crippen molar-refractivity contribution >= 4 is 5.91 Å². The van der Waals surface area contributed by atoms with Crippen LogP contribution in [0, 0.1) is 0 Å². The number of carbonyl (C=O) groups excluding carboxylic acids is 1. The van der Waals surface area contributed by atoms with Gasteiger partial charge in [0.25, 0.3) is 0 Å². The molecule has 0 aliphatic carbocycles. The Balaban J connectivity index is 1.93. The van der Waals surface area contributed by atoms with E-state index in [0.29, 0.717) is 11.9 Å². The van der Waals surface area contributed by atoms with Crippen LogP contribution in [0.3, 0.4) is 0 Å². The van der Waals surface area contributed by atoms with Crippen LogP contribution >= 0.6 is 0 Å². The van der Waals surface area contributed by atoms with E-state index in [1.165, 1.54) is 0 Å². The molecule has 4 nitrogen and oxygen atoms in total. The zero-order valence-electron chi connectivity index (χ0n) is 14.2. The number of likely N-dealkylation sites (tertiary alicyclic amines) is 1. The molecule has 4 heteroatoms. The maximum Gasteiger partial charge on any atom is 0.242 e. The number of carbonyl (C=O) groups is 1. The van der Waals surface area contributed by atoms with Gasteiger partial charge in [-0.15, -0.1) is 0 Å². The maximum absolute atomic E-state index is 13.0.